The molecule has 0 aliphatic heterocycles. The maximum absolute atomic E-state index is 12.1. The Hall–Kier alpha value is -1.95. The second-order valence-corrected chi connectivity index (χ2v) is 7.17. The summed E-state index contributed by atoms with van der Waals surface area (Å²) < 4.78 is 24.1. The molecule has 1 N–H and O–H groups in total. The SMILES string of the molecule is CC(C)CCS(=O)(=O)c1ccc(C(=O)/C=C/C(=O)O)cc1. The van der Waals surface area contributed by atoms with Crippen molar-refractivity contribution in [1.29, 1.82) is 0 Å². The summed E-state index contributed by atoms with van der Waals surface area (Å²) >= 11 is 0. The van der Waals surface area contributed by atoms with E-state index in [1.54, 1.807) is 0 Å². The van der Waals surface area contributed by atoms with Gasteiger partial charge in [0.1, 0.15) is 0 Å². The maximum atomic E-state index is 12.1. The van der Waals surface area contributed by atoms with Crippen LogP contribution >= 0.6 is 0 Å². The van der Waals surface area contributed by atoms with Crippen molar-refractivity contribution in [3.63, 3.8) is 0 Å². The van der Waals surface area contributed by atoms with Gasteiger partial charge in [-0.15, -0.1) is 0 Å². The predicted octanol–water partition coefficient (Wildman–Crippen LogP) is 2.33. The van der Waals surface area contributed by atoms with Crippen molar-refractivity contribution in [2.75, 3.05) is 5.75 Å². The van der Waals surface area contributed by atoms with E-state index < -0.39 is 21.6 Å². The van der Waals surface area contributed by atoms with Gasteiger partial charge in [-0.3, -0.25) is 4.79 Å². The summed E-state index contributed by atoms with van der Waals surface area (Å²) in [5.41, 5.74) is 0.246. The van der Waals surface area contributed by atoms with Gasteiger partial charge in [0.2, 0.25) is 0 Å². The number of aliphatic carboxylic acids is 1. The van der Waals surface area contributed by atoms with Gasteiger partial charge in [-0.1, -0.05) is 13.8 Å². The van der Waals surface area contributed by atoms with E-state index in [1.165, 1.54) is 24.3 Å². The zero-order chi connectivity index (χ0) is 16.0. The average Bonchev–Trinajstić information content (AvgIpc) is 2.43. The van der Waals surface area contributed by atoms with Gasteiger partial charge in [0, 0.05) is 11.6 Å². The van der Waals surface area contributed by atoms with Crippen LogP contribution in [0.25, 0.3) is 0 Å². The minimum absolute atomic E-state index is 0.0663. The van der Waals surface area contributed by atoms with Gasteiger partial charge in [0.15, 0.2) is 15.6 Å². The highest BCUT2D eigenvalue weighted by Gasteiger charge is 2.15. The fourth-order valence-corrected chi connectivity index (χ4v) is 3.15. The third-order valence-electron chi connectivity index (χ3n) is 2.84. The summed E-state index contributed by atoms with van der Waals surface area (Å²) in [7, 11) is -3.35. The largest absolute Gasteiger partial charge is 0.478 e. The van der Waals surface area contributed by atoms with Crippen LogP contribution in [0.5, 0.6) is 0 Å². The first kappa shape index (κ1) is 17.1. The topological polar surface area (TPSA) is 88.5 Å². The Morgan fingerprint density at radius 1 is 1.14 bits per heavy atom. The lowest BCUT2D eigenvalue weighted by molar-refractivity contribution is -0.131. The lowest BCUT2D eigenvalue weighted by Crippen LogP contribution is -2.09. The van der Waals surface area contributed by atoms with Crippen LogP contribution in [-0.4, -0.2) is 31.0 Å². The summed E-state index contributed by atoms with van der Waals surface area (Å²) in [5.74, 6) is -1.34. The molecule has 0 saturated heterocycles. The molecule has 6 heteroatoms. The third kappa shape index (κ3) is 5.51. The number of hydrogen-bond donors (Lipinski definition) is 1. The van der Waals surface area contributed by atoms with Crippen LogP contribution in [0.2, 0.25) is 0 Å². The summed E-state index contributed by atoms with van der Waals surface area (Å²) in [5, 5.41) is 8.45. The Bertz CT molecular complexity index is 639. The standard InChI is InChI=1S/C15H18O5S/c1-11(2)9-10-21(19,20)13-5-3-12(4-6-13)14(16)7-8-15(17)18/h3-8,11H,9-10H2,1-2H3,(H,17,18)/b8-7+. The molecular weight excluding hydrogens is 292 g/mol. The molecule has 0 spiro atoms. The Morgan fingerprint density at radius 3 is 2.19 bits per heavy atom. The Kier molecular flexibility index (Phi) is 5.84. The van der Waals surface area contributed by atoms with E-state index in [9.17, 15) is 18.0 Å². The highest BCUT2D eigenvalue weighted by atomic mass is 32.2. The average molecular weight is 310 g/mol. The van der Waals surface area contributed by atoms with E-state index in [0.717, 1.165) is 12.2 Å². The fraction of sp³-hybridized carbons (Fsp3) is 0.333. The first-order chi connectivity index (χ1) is 9.72. The molecule has 1 rings (SSSR count). The first-order valence-electron chi connectivity index (χ1n) is 6.50. The minimum atomic E-state index is -3.35. The van der Waals surface area contributed by atoms with E-state index in [2.05, 4.69) is 0 Å². The van der Waals surface area contributed by atoms with Gasteiger partial charge in [0.25, 0.3) is 0 Å². The first-order valence-corrected chi connectivity index (χ1v) is 8.16. The molecule has 0 atom stereocenters. The molecule has 0 aliphatic rings. The molecule has 0 aliphatic carbocycles. The quantitative estimate of drug-likeness (QED) is 0.617. The normalized spacial score (nSPS) is 12.0. The van der Waals surface area contributed by atoms with E-state index in [4.69, 9.17) is 5.11 Å². The second-order valence-electron chi connectivity index (χ2n) is 5.06. The molecule has 0 amide bonds. The van der Waals surface area contributed by atoms with Crippen LogP contribution < -0.4 is 0 Å². The van der Waals surface area contributed by atoms with Gasteiger partial charge in [-0.05, 0) is 42.7 Å². The van der Waals surface area contributed by atoms with Crippen LogP contribution in [0.4, 0.5) is 0 Å². The summed E-state index contributed by atoms with van der Waals surface area (Å²) in [4.78, 5) is 22.1. The van der Waals surface area contributed by atoms with Crippen LogP contribution in [-0.2, 0) is 14.6 Å². The van der Waals surface area contributed by atoms with Crippen LogP contribution in [0, 0.1) is 5.92 Å². The van der Waals surface area contributed by atoms with Gasteiger partial charge >= 0.3 is 5.97 Å². The molecule has 0 bridgehead atoms. The lowest BCUT2D eigenvalue weighted by Gasteiger charge is -2.07. The lowest BCUT2D eigenvalue weighted by atomic mass is 10.1. The number of carbonyl (C=O) groups is 2. The molecule has 114 valence electrons. The van der Waals surface area contributed by atoms with Gasteiger partial charge in [0.05, 0.1) is 10.6 Å². The highest BCUT2D eigenvalue weighted by Crippen LogP contribution is 2.15. The predicted molar refractivity (Wildman–Crippen MR) is 79.1 cm³/mol. The second kappa shape index (κ2) is 7.17. The number of carboxylic acids is 1. The number of carboxylic acid groups (broad SMARTS) is 1. The van der Waals surface area contributed by atoms with Crippen molar-refractivity contribution < 1.29 is 23.1 Å². The number of hydrogen-bond acceptors (Lipinski definition) is 4. The van der Waals surface area contributed by atoms with Crippen molar-refractivity contribution in [2.24, 2.45) is 5.92 Å². The number of sulfone groups is 1. The molecule has 0 heterocycles. The van der Waals surface area contributed by atoms with Crippen LogP contribution in [0.1, 0.15) is 30.6 Å². The van der Waals surface area contributed by atoms with E-state index in [0.29, 0.717) is 12.3 Å². The Balaban J connectivity index is 2.87. The smallest absolute Gasteiger partial charge is 0.328 e. The molecule has 0 radical (unpaired) electrons. The van der Waals surface area contributed by atoms with E-state index in [1.807, 2.05) is 13.8 Å². The summed E-state index contributed by atoms with van der Waals surface area (Å²) in [6, 6.07) is 5.52. The molecule has 1 aromatic rings. The van der Waals surface area contributed by atoms with E-state index >= 15 is 0 Å². The molecule has 5 nitrogen and oxygen atoms in total. The Labute approximate surface area is 124 Å². The third-order valence-corrected chi connectivity index (χ3v) is 4.60. The van der Waals surface area contributed by atoms with Crippen LogP contribution in [0.3, 0.4) is 0 Å². The maximum Gasteiger partial charge on any atom is 0.328 e. The summed E-state index contributed by atoms with van der Waals surface area (Å²) in [6.45, 7) is 3.90. The number of rotatable bonds is 7. The highest BCUT2D eigenvalue weighted by molar-refractivity contribution is 7.91. The molecule has 21 heavy (non-hydrogen) atoms. The minimum Gasteiger partial charge on any atom is -0.478 e. The zero-order valence-corrected chi connectivity index (χ0v) is 12.8. The van der Waals surface area contributed by atoms with Crippen molar-refractivity contribution >= 4 is 21.6 Å². The zero-order valence-electron chi connectivity index (χ0n) is 11.9. The fourth-order valence-electron chi connectivity index (χ4n) is 1.58. The molecule has 0 saturated carbocycles. The number of carbonyl (C=O) groups excluding carboxylic acids is 1. The molecule has 0 unspecified atom stereocenters. The van der Waals surface area contributed by atoms with Gasteiger partial charge in [-0.25, -0.2) is 13.2 Å². The van der Waals surface area contributed by atoms with Gasteiger partial charge < -0.3 is 5.11 Å². The number of allylic oxidation sites excluding steroid dienone is 1. The summed E-state index contributed by atoms with van der Waals surface area (Å²) in [6.07, 6.45) is 2.25. The number of benzene rings is 1. The van der Waals surface area contributed by atoms with E-state index in [-0.39, 0.29) is 16.2 Å². The van der Waals surface area contributed by atoms with Crippen molar-refractivity contribution in [3.8, 4) is 0 Å². The molecular formula is C15H18O5S. The van der Waals surface area contributed by atoms with Crippen molar-refractivity contribution in [1.82, 2.24) is 0 Å². The van der Waals surface area contributed by atoms with Crippen molar-refractivity contribution in [3.05, 3.63) is 42.0 Å². The van der Waals surface area contributed by atoms with Crippen molar-refractivity contribution in [2.45, 2.75) is 25.2 Å². The molecule has 1 aromatic carbocycles. The monoisotopic (exact) mass is 310 g/mol. The van der Waals surface area contributed by atoms with Gasteiger partial charge in [-0.2, -0.15) is 0 Å². The number of ketones is 1. The molecule has 0 aromatic heterocycles. The molecule has 0 fully saturated rings. The van der Waals surface area contributed by atoms with Crippen LogP contribution in [0.15, 0.2) is 41.3 Å². The Morgan fingerprint density at radius 2 is 1.71 bits per heavy atom.